The fourth-order valence-electron chi connectivity index (χ4n) is 1.73. The Bertz CT molecular complexity index is 441. The van der Waals surface area contributed by atoms with Gasteiger partial charge in [0.05, 0.1) is 12.5 Å². The van der Waals surface area contributed by atoms with Crippen molar-refractivity contribution in [2.75, 3.05) is 25.6 Å². The lowest BCUT2D eigenvalue weighted by Crippen LogP contribution is -2.43. The lowest BCUT2D eigenvalue weighted by molar-refractivity contribution is -0.125. The van der Waals surface area contributed by atoms with Crippen molar-refractivity contribution in [3.05, 3.63) is 23.8 Å². The third-order valence-electron chi connectivity index (χ3n) is 3.16. The molecule has 0 spiro atoms. The summed E-state index contributed by atoms with van der Waals surface area (Å²) < 4.78 is 5.21. The van der Waals surface area contributed by atoms with Gasteiger partial charge in [0.15, 0.2) is 0 Å². The molecule has 0 unspecified atom stereocenters. The second-order valence-electron chi connectivity index (χ2n) is 5.11. The van der Waals surface area contributed by atoms with Crippen LogP contribution < -0.4 is 15.4 Å². The standard InChI is InChI=1S/C14H22N2O2/c1-10-8-11(6-7-12(10)18-5)16(4)13(17)14(2,3)9-15/h6-8H,9,15H2,1-5H3. The zero-order valence-corrected chi connectivity index (χ0v) is 11.8. The molecule has 1 aromatic carbocycles. The van der Waals surface area contributed by atoms with Gasteiger partial charge in [0.25, 0.3) is 0 Å². The van der Waals surface area contributed by atoms with Crippen molar-refractivity contribution in [1.29, 1.82) is 0 Å². The minimum absolute atomic E-state index is 0.00886. The Balaban J connectivity index is 3.01. The van der Waals surface area contributed by atoms with Crippen LogP contribution >= 0.6 is 0 Å². The molecule has 0 radical (unpaired) electrons. The van der Waals surface area contributed by atoms with Crippen molar-refractivity contribution < 1.29 is 9.53 Å². The molecule has 4 nitrogen and oxygen atoms in total. The Morgan fingerprint density at radius 3 is 2.50 bits per heavy atom. The molecule has 18 heavy (non-hydrogen) atoms. The summed E-state index contributed by atoms with van der Waals surface area (Å²) in [5.74, 6) is 0.826. The zero-order valence-electron chi connectivity index (χ0n) is 11.8. The number of amides is 1. The number of hydrogen-bond acceptors (Lipinski definition) is 3. The van der Waals surface area contributed by atoms with E-state index in [9.17, 15) is 4.79 Å². The highest BCUT2D eigenvalue weighted by Gasteiger charge is 2.29. The van der Waals surface area contributed by atoms with E-state index >= 15 is 0 Å². The van der Waals surface area contributed by atoms with E-state index in [-0.39, 0.29) is 5.91 Å². The van der Waals surface area contributed by atoms with E-state index in [0.29, 0.717) is 6.54 Å². The maximum absolute atomic E-state index is 12.3. The molecule has 0 aliphatic rings. The SMILES string of the molecule is COc1ccc(N(C)C(=O)C(C)(C)CN)cc1C. The molecule has 0 saturated carbocycles. The van der Waals surface area contributed by atoms with Crippen LogP contribution in [-0.2, 0) is 4.79 Å². The number of benzene rings is 1. The van der Waals surface area contributed by atoms with Crippen molar-refractivity contribution in [3.8, 4) is 5.75 Å². The van der Waals surface area contributed by atoms with Gasteiger partial charge in [0.1, 0.15) is 5.75 Å². The molecular weight excluding hydrogens is 228 g/mol. The average molecular weight is 250 g/mol. The van der Waals surface area contributed by atoms with Gasteiger partial charge in [-0.25, -0.2) is 0 Å². The van der Waals surface area contributed by atoms with Crippen molar-refractivity contribution in [2.45, 2.75) is 20.8 Å². The van der Waals surface area contributed by atoms with Crippen LogP contribution in [0, 0.1) is 12.3 Å². The molecule has 0 bridgehead atoms. The molecule has 0 aromatic heterocycles. The first kappa shape index (κ1) is 14.5. The number of aryl methyl sites for hydroxylation is 1. The van der Waals surface area contributed by atoms with Crippen LogP contribution in [0.2, 0.25) is 0 Å². The summed E-state index contributed by atoms with van der Waals surface area (Å²) in [6, 6.07) is 5.67. The smallest absolute Gasteiger partial charge is 0.233 e. The summed E-state index contributed by atoms with van der Waals surface area (Å²) >= 11 is 0. The number of carbonyl (C=O) groups excluding carboxylic acids is 1. The molecule has 1 amide bonds. The third-order valence-corrected chi connectivity index (χ3v) is 3.16. The fourth-order valence-corrected chi connectivity index (χ4v) is 1.73. The Morgan fingerprint density at radius 1 is 1.44 bits per heavy atom. The molecule has 0 saturated heterocycles. The number of anilines is 1. The first-order valence-electron chi connectivity index (χ1n) is 5.96. The maximum Gasteiger partial charge on any atom is 0.233 e. The zero-order chi connectivity index (χ0) is 13.9. The number of rotatable bonds is 4. The second-order valence-corrected chi connectivity index (χ2v) is 5.11. The quantitative estimate of drug-likeness (QED) is 0.888. The lowest BCUT2D eigenvalue weighted by atomic mass is 9.92. The van der Waals surface area contributed by atoms with Crippen molar-refractivity contribution in [3.63, 3.8) is 0 Å². The van der Waals surface area contributed by atoms with Crippen molar-refractivity contribution in [1.82, 2.24) is 0 Å². The molecule has 0 fully saturated rings. The van der Waals surface area contributed by atoms with E-state index in [1.807, 2.05) is 39.0 Å². The van der Waals surface area contributed by atoms with Crippen LogP contribution in [0.25, 0.3) is 0 Å². The van der Waals surface area contributed by atoms with Crippen LogP contribution in [0.15, 0.2) is 18.2 Å². The number of carbonyl (C=O) groups is 1. The van der Waals surface area contributed by atoms with E-state index in [1.54, 1.807) is 19.1 Å². The Morgan fingerprint density at radius 2 is 2.06 bits per heavy atom. The van der Waals surface area contributed by atoms with Gasteiger partial charge >= 0.3 is 0 Å². The Labute approximate surface area is 109 Å². The number of ether oxygens (including phenoxy) is 1. The van der Waals surface area contributed by atoms with Gasteiger partial charge in [-0.15, -0.1) is 0 Å². The predicted octanol–water partition coefficient (Wildman–Crippen LogP) is 1.95. The number of nitrogens with zero attached hydrogens (tertiary/aromatic N) is 1. The molecule has 2 N–H and O–H groups in total. The van der Waals surface area contributed by atoms with Crippen LogP contribution in [-0.4, -0.2) is 26.6 Å². The molecule has 1 aromatic rings. The highest BCUT2D eigenvalue weighted by molar-refractivity contribution is 5.97. The van der Waals surface area contributed by atoms with Crippen LogP contribution in [0.1, 0.15) is 19.4 Å². The molecule has 0 aliphatic carbocycles. The Hall–Kier alpha value is -1.55. The largest absolute Gasteiger partial charge is 0.496 e. The molecular formula is C14H22N2O2. The highest BCUT2D eigenvalue weighted by atomic mass is 16.5. The van der Waals surface area contributed by atoms with Gasteiger partial charge in [-0.2, -0.15) is 0 Å². The first-order valence-corrected chi connectivity index (χ1v) is 5.96. The normalized spacial score (nSPS) is 11.2. The van der Waals surface area contributed by atoms with Crippen LogP contribution in [0.5, 0.6) is 5.75 Å². The summed E-state index contributed by atoms with van der Waals surface area (Å²) in [6.07, 6.45) is 0. The highest BCUT2D eigenvalue weighted by Crippen LogP contribution is 2.26. The van der Waals surface area contributed by atoms with E-state index in [2.05, 4.69) is 0 Å². The van der Waals surface area contributed by atoms with Gasteiger partial charge in [0.2, 0.25) is 5.91 Å². The van der Waals surface area contributed by atoms with Crippen LogP contribution in [0.3, 0.4) is 0 Å². The van der Waals surface area contributed by atoms with E-state index in [1.165, 1.54) is 0 Å². The fraction of sp³-hybridized carbons (Fsp3) is 0.500. The summed E-state index contributed by atoms with van der Waals surface area (Å²) in [4.78, 5) is 13.9. The minimum Gasteiger partial charge on any atom is -0.496 e. The maximum atomic E-state index is 12.3. The molecule has 0 heterocycles. The summed E-state index contributed by atoms with van der Waals surface area (Å²) in [5, 5.41) is 0. The summed E-state index contributed by atoms with van der Waals surface area (Å²) in [6.45, 7) is 5.98. The molecule has 0 atom stereocenters. The van der Waals surface area contributed by atoms with Gasteiger partial charge in [-0.05, 0) is 44.5 Å². The monoisotopic (exact) mass is 250 g/mol. The van der Waals surface area contributed by atoms with E-state index in [4.69, 9.17) is 10.5 Å². The van der Waals surface area contributed by atoms with Gasteiger partial charge in [-0.3, -0.25) is 4.79 Å². The van der Waals surface area contributed by atoms with E-state index in [0.717, 1.165) is 17.0 Å². The van der Waals surface area contributed by atoms with Crippen molar-refractivity contribution >= 4 is 11.6 Å². The number of nitrogens with two attached hydrogens (primary N) is 1. The molecule has 0 aliphatic heterocycles. The topological polar surface area (TPSA) is 55.6 Å². The van der Waals surface area contributed by atoms with Crippen molar-refractivity contribution in [2.24, 2.45) is 11.1 Å². The second kappa shape index (κ2) is 5.40. The summed E-state index contributed by atoms with van der Waals surface area (Å²) in [5.41, 5.74) is 6.93. The third kappa shape index (κ3) is 2.82. The predicted molar refractivity (Wildman–Crippen MR) is 74.0 cm³/mol. The molecule has 4 heteroatoms. The van der Waals surface area contributed by atoms with Gasteiger partial charge < -0.3 is 15.4 Å². The van der Waals surface area contributed by atoms with Gasteiger partial charge in [-0.1, -0.05) is 0 Å². The lowest BCUT2D eigenvalue weighted by Gasteiger charge is -2.28. The van der Waals surface area contributed by atoms with E-state index < -0.39 is 5.41 Å². The number of methoxy groups -OCH3 is 1. The molecule has 1 rings (SSSR count). The molecule has 100 valence electrons. The van der Waals surface area contributed by atoms with Crippen LogP contribution in [0.4, 0.5) is 5.69 Å². The minimum atomic E-state index is -0.553. The Kier molecular flexibility index (Phi) is 4.35. The number of hydrogen-bond donors (Lipinski definition) is 1. The van der Waals surface area contributed by atoms with Gasteiger partial charge in [0, 0.05) is 19.3 Å². The first-order chi connectivity index (χ1) is 8.33. The summed E-state index contributed by atoms with van der Waals surface area (Å²) in [7, 11) is 3.40. The average Bonchev–Trinajstić information content (AvgIpc) is 2.36.